The molecule has 138 valence electrons. The smallest absolute Gasteiger partial charge is 0.252 e. The van der Waals surface area contributed by atoms with Crippen molar-refractivity contribution in [2.75, 3.05) is 11.9 Å². The summed E-state index contributed by atoms with van der Waals surface area (Å²) in [4.78, 5) is 16.5. The Bertz CT molecular complexity index is 892. The number of nitrogens with one attached hydrogen (secondary N) is 2. The maximum absolute atomic E-state index is 12.9. The minimum absolute atomic E-state index is 0.171. The number of amides is 1. The molecule has 1 aromatic heterocycles. The van der Waals surface area contributed by atoms with Crippen molar-refractivity contribution in [2.24, 2.45) is 0 Å². The molecule has 27 heavy (non-hydrogen) atoms. The lowest BCUT2D eigenvalue weighted by molar-refractivity contribution is 0.0954. The Labute approximate surface area is 158 Å². The molecular weight excluding hydrogens is 341 g/mol. The summed E-state index contributed by atoms with van der Waals surface area (Å²) in [6.07, 6.45) is 2.21. The van der Waals surface area contributed by atoms with Crippen LogP contribution >= 0.6 is 0 Å². The van der Waals surface area contributed by atoms with Crippen molar-refractivity contribution in [3.8, 4) is 0 Å². The number of hydrogen-bond donors (Lipinski definition) is 2. The molecule has 2 N–H and O–H groups in total. The number of aryl methyl sites for hydroxylation is 1. The average Bonchev–Trinajstić information content (AvgIpc) is 2.69. The van der Waals surface area contributed by atoms with Gasteiger partial charge in [-0.15, -0.1) is 0 Å². The molecule has 0 fully saturated rings. The number of anilines is 1. The second-order valence-electron chi connectivity index (χ2n) is 6.34. The second-order valence-corrected chi connectivity index (χ2v) is 6.34. The van der Waals surface area contributed by atoms with E-state index >= 15 is 0 Å². The molecule has 0 bridgehead atoms. The summed E-state index contributed by atoms with van der Waals surface area (Å²) in [6.45, 7) is 3.24. The predicted molar refractivity (Wildman–Crippen MR) is 105 cm³/mol. The topological polar surface area (TPSA) is 54.0 Å². The highest BCUT2D eigenvalue weighted by atomic mass is 19.1. The number of aromatic nitrogens is 1. The van der Waals surface area contributed by atoms with Gasteiger partial charge in [-0.2, -0.15) is 0 Å². The fraction of sp³-hybridized carbons (Fsp3) is 0.182. The third-order valence-corrected chi connectivity index (χ3v) is 4.36. The van der Waals surface area contributed by atoms with Crippen molar-refractivity contribution in [1.82, 2.24) is 10.3 Å². The van der Waals surface area contributed by atoms with Crippen LogP contribution in [0.1, 0.15) is 27.0 Å². The first-order valence-corrected chi connectivity index (χ1v) is 8.89. The van der Waals surface area contributed by atoms with Crippen molar-refractivity contribution in [1.29, 1.82) is 0 Å². The van der Waals surface area contributed by atoms with E-state index in [1.807, 2.05) is 12.1 Å². The second kappa shape index (κ2) is 8.94. The summed E-state index contributed by atoms with van der Waals surface area (Å²) < 4.78 is 12.9. The number of rotatable bonds is 7. The van der Waals surface area contributed by atoms with Gasteiger partial charge in [0.25, 0.3) is 5.91 Å². The summed E-state index contributed by atoms with van der Waals surface area (Å²) in [5, 5.41) is 6.12. The van der Waals surface area contributed by atoms with Crippen LogP contribution in [0, 0.1) is 12.7 Å². The van der Waals surface area contributed by atoms with E-state index < -0.39 is 0 Å². The molecule has 0 radical (unpaired) electrons. The van der Waals surface area contributed by atoms with Crippen LogP contribution in [0.3, 0.4) is 0 Å². The molecule has 1 heterocycles. The zero-order valence-corrected chi connectivity index (χ0v) is 15.2. The minimum Gasteiger partial charge on any atom is -0.366 e. The number of pyridine rings is 1. The fourth-order valence-electron chi connectivity index (χ4n) is 2.70. The normalized spacial score (nSPS) is 10.4. The van der Waals surface area contributed by atoms with Crippen LogP contribution < -0.4 is 10.6 Å². The molecule has 0 saturated heterocycles. The summed E-state index contributed by atoms with van der Waals surface area (Å²) >= 11 is 0. The van der Waals surface area contributed by atoms with Gasteiger partial charge in [0.15, 0.2) is 0 Å². The zero-order chi connectivity index (χ0) is 19.1. The van der Waals surface area contributed by atoms with Crippen molar-refractivity contribution in [3.63, 3.8) is 0 Å². The van der Waals surface area contributed by atoms with E-state index in [1.54, 1.807) is 30.5 Å². The Hall–Kier alpha value is -3.21. The molecule has 3 rings (SSSR count). The lowest BCUT2D eigenvalue weighted by Gasteiger charge is -2.09. The van der Waals surface area contributed by atoms with E-state index in [1.165, 1.54) is 23.3 Å². The first-order chi connectivity index (χ1) is 13.1. The highest BCUT2D eigenvalue weighted by Crippen LogP contribution is 2.11. The first kappa shape index (κ1) is 18.6. The van der Waals surface area contributed by atoms with E-state index in [0.29, 0.717) is 25.1 Å². The monoisotopic (exact) mass is 363 g/mol. The number of carbonyl (C=O) groups is 1. The lowest BCUT2D eigenvalue weighted by Crippen LogP contribution is -2.25. The molecule has 1 amide bonds. The summed E-state index contributed by atoms with van der Waals surface area (Å²) in [6, 6.07) is 18.0. The molecule has 0 aliphatic heterocycles. The van der Waals surface area contributed by atoms with E-state index in [0.717, 1.165) is 11.4 Å². The van der Waals surface area contributed by atoms with E-state index in [2.05, 4.69) is 34.7 Å². The Balaban J connectivity index is 1.48. The molecule has 4 nitrogen and oxygen atoms in total. The third-order valence-electron chi connectivity index (χ3n) is 4.36. The van der Waals surface area contributed by atoms with Gasteiger partial charge in [0, 0.05) is 19.3 Å². The van der Waals surface area contributed by atoms with Crippen molar-refractivity contribution in [2.45, 2.75) is 19.9 Å². The third kappa shape index (κ3) is 5.38. The summed E-state index contributed by atoms with van der Waals surface area (Å²) in [5.74, 6) is 0.293. The van der Waals surface area contributed by atoms with Crippen LogP contribution in [-0.2, 0) is 13.0 Å². The molecule has 0 spiro atoms. The molecule has 2 aromatic carbocycles. The van der Waals surface area contributed by atoms with Gasteiger partial charge in [-0.25, -0.2) is 9.37 Å². The number of benzene rings is 2. The molecule has 0 saturated carbocycles. The Morgan fingerprint density at radius 2 is 1.81 bits per heavy atom. The van der Waals surface area contributed by atoms with E-state index in [9.17, 15) is 9.18 Å². The largest absolute Gasteiger partial charge is 0.366 e. The predicted octanol–water partition coefficient (Wildman–Crippen LogP) is 4.11. The maximum Gasteiger partial charge on any atom is 0.252 e. The number of nitrogens with zero attached hydrogens (tertiary/aromatic N) is 1. The van der Waals surface area contributed by atoms with Gasteiger partial charge in [0.1, 0.15) is 11.6 Å². The Morgan fingerprint density at radius 3 is 2.52 bits per heavy atom. The number of halogens is 1. The number of hydrogen-bond acceptors (Lipinski definition) is 3. The van der Waals surface area contributed by atoms with Gasteiger partial charge in [0.05, 0.1) is 5.56 Å². The molecular formula is C22H22FN3O. The quantitative estimate of drug-likeness (QED) is 0.664. The first-order valence-electron chi connectivity index (χ1n) is 8.89. The lowest BCUT2D eigenvalue weighted by atomic mass is 10.1. The van der Waals surface area contributed by atoms with E-state index in [4.69, 9.17) is 0 Å². The van der Waals surface area contributed by atoms with Gasteiger partial charge in [0.2, 0.25) is 0 Å². The van der Waals surface area contributed by atoms with Crippen molar-refractivity contribution >= 4 is 11.7 Å². The van der Waals surface area contributed by atoms with Gasteiger partial charge in [-0.05, 0) is 54.3 Å². The molecule has 5 heteroatoms. The molecule has 0 aliphatic rings. The van der Waals surface area contributed by atoms with Crippen LogP contribution in [0.4, 0.5) is 10.2 Å². The van der Waals surface area contributed by atoms with Crippen LogP contribution in [0.25, 0.3) is 0 Å². The van der Waals surface area contributed by atoms with Crippen LogP contribution in [-0.4, -0.2) is 17.4 Å². The van der Waals surface area contributed by atoms with Crippen LogP contribution in [0.15, 0.2) is 66.9 Å². The molecule has 3 aromatic rings. The maximum atomic E-state index is 12.9. The van der Waals surface area contributed by atoms with Crippen molar-refractivity contribution in [3.05, 3.63) is 94.9 Å². The Morgan fingerprint density at radius 1 is 1.04 bits per heavy atom. The standard InChI is InChI=1S/C22H22FN3O/c1-16-4-2-3-5-18(16)14-25-21-11-8-19(15-26-21)22(27)24-13-12-17-6-9-20(23)10-7-17/h2-11,15H,12-14H2,1H3,(H,24,27)(H,25,26). The highest BCUT2D eigenvalue weighted by Gasteiger charge is 2.06. The van der Waals surface area contributed by atoms with Crippen molar-refractivity contribution < 1.29 is 9.18 Å². The number of carbonyl (C=O) groups excluding carboxylic acids is 1. The van der Waals surface area contributed by atoms with Gasteiger partial charge >= 0.3 is 0 Å². The summed E-state index contributed by atoms with van der Waals surface area (Å²) in [5.41, 5.74) is 3.92. The van der Waals surface area contributed by atoms with Crippen LogP contribution in [0.5, 0.6) is 0 Å². The molecule has 0 atom stereocenters. The molecule has 0 aliphatic carbocycles. The average molecular weight is 363 g/mol. The highest BCUT2D eigenvalue weighted by molar-refractivity contribution is 5.94. The summed E-state index contributed by atoms with van der Waals surface area (Å²) in [7, 11) is 0. The fourth-order valence-corrected chi connectivity index (χ4v) is 2.70. The van der Waals surface area contributed by atoms with Crippen LogP contribution in [0.2, 0.25) is 0 Å². The Kier molecular flexibility index (Phi) is 6.15. The SMILES string of the molecule is Cc1ccccc1CNc1ccc(C(=O)NCCc2ccc(F)cc2)cn1. The van der Waals surface area contributed by atoms with E-state index in [-0.39, 0.29) is 11.7 Å². The van der Waals surface area contributed by atoms with Gasteiger partial charge < -0.3 is 10.6 Å². The van der Waals surface area contributed by atoms with Gasteiger partial charge in [-0.3, -0.25) is 4.79 Å². The van der Waals surface area contributed by atoms with Gasteiger partial charge in [-0.1, -0.05) is 36.4 Å². The zero-order valence-electron chi connectivity index (χ0n) is 15.2. The molecule has 0 unspecified atom stereocenters. The minimum atomic E-state index is -0.259.